The third kappa shape index (κ3) is 2.10. The largest absolute Gasteiger partial charge is 0.339 e. The van der Waals surface area contributed by atoms with Crippen molar-refractivity contribution in [1.82, 2.24) is 4.90 Å². The van der Waals surface area contributed by atoms with Crippen molar-refractivity contribution in [2.24, 2.45) is 5.41 Å². The van der Waals surface area contributed by atoms with E-state index in [9.17, 15) is 4.79 Å². The fourth-order valence-corrected chi connectivity index (χ4v) is 1.55. The van der Waals surface area contributed by atoms with Crippen molar-refractivity contribution in [3.05, 3.63) is 12.2 Å². The van der Waals surface area contributed by atoms with Gasteiger partial charge in [-0.15, -0.1) is 0 Å². The van der Waals surface area contributed by atoms with Crippen LogP contribution in [0.3, 0.4) is 0 Å². The van der Waals surface area contributed by atoms with Crippen LogP contribution < -0.4 is 0 Å². The Kier molecular flexibility index (Phi) is 2.55. The zero-order valence-electron chi connectivity index (χ0n) is 8.13. The van der Waals surface area contributed by atoms with E-state index in [2.05, 4.69) is 13.8 Å². The predicted octanol–water partition coefficient (Wildman–Crippen LogP) is 1.82. The molecule has 1 aliphatic rings. The van der Waals surface area contributed by atoms with Gasteiger partial charge in [0, 0.05) is 13.1 Å². The Labute approximate surface area is 74.2 Å². The smallest absolute Gasteiger partial charge is 0.246 e. The number of allylic oxidation sites excluding steroid dienone is 1. The highest BCUT2D eigenvalue weighted by Crippen LogP contribution is 2.28. The predicted molar refractivity (Wildman–Crippen MR) is 49.8 cm³/mol. The second-order valence-electron chi connectivity index (χ2n) is 4.17. The minimum atomic E-state index is 0.156. The second kappa shape index (κ2) is 3.30. The summed E-state index contributed by atoms with van der Waals surface area (Å²) in [4.78, 5) is 13.3. The summed E-state index contributed by atoms with van der Waals surface area (Å²) < 4.78 is 0. The molecule has 0 aromatic heterocycles. The van der Waals surface area contributed by atoms with Gasteiger partial charge in [0.25, 0.3) is 0 Å². The Bertz CT molecular complexity index is 206. The summed E-state index contributed by atoms with van der Waals surface area (Å²) in [5.74, 6) is 0.156. The lowest BCUT2D eigenvalue weighted by atomic mass is 9.93. The molecule has 0 saturated carbocycles. The van der Waals surface area contributed by atoms with Crippen molar-refractivity contribution in [3.63, 3.8) is 0 Å². The maximum absolute atomic E-state index is 11.4. The van der Waals surface area contributed by atoms with Gasteiger partial charge in [-0.05, 0) is 24.8 Å². The first-order valence-corrected chi connectivity index (χ1v) is 4.47. The summed E-state index contributed by atoms with van der Waals surface area (Å²) in [6.45, 7) is 8.09. The molecule has 0 spiro atoms. The van der Waals surface area contributed by atoms with Crippen molar-refractivity contribution in [1.29, 1.82) is 0 Å². The highest BCUT2D eigenvalue weighted by atomic mass is 16.2. The van der Waals surface area contributed by atoms with Crippen molar-refractivity contribution < 1.29 is 4.79 Å². The molecule has 2 nitrogen and oxygen atoms in total. The highest BCUT2D eigenvalue weighted by Gasteiger charge is 2.30. The number of amides is 1. The lowest BCUT2D eigenvalue weighted by Gasteiger charge is -2.18. The molecule has 0 bridgehead atoms. The fourth-order valence-electron chi connectivity index (χ4n) is 1.55. The lowest BCUT2D eigenvalue weighted by molar-refractivity contribution is -0.125. The van der Waals surface area contributed by atoms with Gasteiger partial charge >= 0.3 is 0 Å². The average molecular weight is 167 g/mol. The van der Waals surface area contributed by atoms with Crippen LogP contribution in [0.1, 0.15) is 27.2 Å². The summed E-state index contributed by atoms with van der Waals surface area (Å²) in [5.41, 5.74) is 0.317. The Hall–Kier alpha value is -0.790. The molecule has 1 heterocycles. The Morgan fingerprint density at radius 1 is 1.50 bits per heavy atom. The van der Waals surface area contributed by atoms with Gasteiger partial charge in [0.05, 0.1) is 0 Å². The van der Waals surface area contributed by atoms with Gasteiger partial charge in [0.1, 0.15) is 0 Å². The molecule has 0 radical (unpaired) electrons. The van der Waals surface area contributed by atoms with Crippen LogP contribution in [0.25, 0.3) is 0 Å². The van der Waals surface area contributed by atoms with E-state index in [1.807, 2.05) is 11.8 Å². The molecular formula is C10H17NO. The summed E-state index contributed by atoms with van der Waals surface area (Å²) in [6.07, 6.45) is 4.56. The van der Waals surface area contributed by atoms with Crippen molar-refractivity contribution >= 4 is 5.91 Å². The Morgan fingerprint density at radius 3 is 2.58 bits per heavy atom. The van der Waals surface area contributed by atoms with Crippen LogP contribution in [0.5, 0.6) is 0 Å². The zero-order valence-corrected chi connectivity index (χ0v) is 8.13. The minimum Gasteiger partial charge on any atom is -0.339 e. The van der Waals surface area contributed by atoms with E-state index >= 15 is 0 Å². The molecule has 0 aliphatic carbocycles. The highest BCUT2D eigenvalue weighted by molar-refractivity contribution is 5.87. The molecule has 1 fully saturated rings. The number of carbonyl (C=O) groups excluding carboxylic acids is 1. The van der Waals surface area contributed by atoms with Crippen molar-refractivity contribution in [3.8, 4) is 0 Å². The lowest BCUT2D eigenvalue weighted by Crippen LogP contribution is -2.28. The van der Waals surface area contributed by atoms with Crippen molar-refractivity contribution in [2.75, 3.05) is 13.1 Å². The van der Waals surface area contributed by atoms with Crippen molar-refractivity contribution in [2.45, 2.75) is 27.2 Å². The van der Waals surface area contributed by atoms with Crippen LogP contribution in [0, 0.1) is 5.41 Å². The molecule has 0 atom stereocenters. The molecular weight excluding hydrogens is 150 g/mol. The van der Waals surface area contributed by atoms with Crippen LogP contribution in [0.15, 0.2) is 12.2 Å². The van der Waals surface area contributed by atoms with Crippen LogP contribution >= 0.6 is 0 Å². The first kappa shape index (κ1) is 9.30. The van der Waals surface area contributed by atoms with Crippen LogP contribution in [0.2, 0.25) is 0 Å². The molecule has 68 valence electrons. The SMILES string of the molecule is CC=CC(=O)N1CCC(C)(C)C1. The fraction of sp³-hybridized carbons (Fsp3) is 0.700. The number of likely N-dealkylation sites (tertiary alicyclic amines) is 1. The Morgan fingerprint density at radius 2 is 2.17 bits per heavy atom. The molecule has 0 unspecified atom stereocenters. The molecule has 0 aromatic carbocycles. The third-order valence-corrected chi connectivity index (χ3v) is 2.30. The number of carbonyl (C=O) groups is 1. The topological polar surface area (TPSA) is 20.3 Å². The molecule has 1 rings (SSSR count). The van der Waals surface area contributed by atoms with E-state index in [0.29, 0.717) is 5.41 Å². The van der Waals surface area contributed by atoms with Gasteiger partial charge in [-0.25, -0.2) is 0 Å². The van der Waals surface area contributed by atoms with Gasteiger partial charge in [-0.3, -0.25) is 4.79 Å². The van der Waals surface area contributed by atoms with Crippen LogP contribution in [0.4, 0.5) is 0 Å². The van der Waals surface area contributed by atoms with E-state index in [1.165, 1.54) is 0 Å². The molecule has 2 heteroatoms. The van der Waals surface area contributed by atoms with Gasteiger partial charge in [-0.1, -0.05) is 19.9 Å². The van der Waals surface area contributed by atoms with Crippen LogP contribution in [-0.4, -0.2) is 23.9 Å². The van der Waals surface area contributed by atoms with E-state index in [4.69, 9.17) is 0 Å². The average Bonchev–Trinajstić information content (AvgIpc) is 2.31. The maximum atomic E-state index is 11.4. The molecule has 0 N–H and O–H groups in total. The van der Waals surface area contributed by atoms with Gasteiger partial charge in [0.2, 0.25) is 5.91 Å². The number of rotatable bonds is 1. The third-order valence-electron chi connectivity index (χ3n) is 2.30. The summed E-state index contributed by atoms with van der Waals surface area (Å²) in [6, 6.07) is 0. The maximum Gasteiger partial charge on any atom is 0.246 e. The van der Waals surface area contributed by atoms with Crippen LogP contribution in [-0.2, 0) is 4.79 Å². The Balaban J connectivity index is 2.52. The van der Waals surface area contributed by atoms with Gasteiger partial charge in [-0.2, -0.15) is 0 Å². The van der Waals surface area contributed by atoms with E-state index in [1.54, 1.807) is 12.2 Å². The minimum absolute atomic E-state index is 0.156. The summed E-state index contributed by atoms with van der Waals surface area (Å²) in [5, 5.41) is 0. The van der Waals surface area contributed by atoms with E-state index in [-0.39, 0.29) is 5.91 Å². The number of nitrogens with zero attached hydrogens (tertiary/aromatic N) is 1. The molecule has 1 amide bonds. The molecule has 12 heavy (non-hydrogen) atoms. The quantitative estimate of drug-likeness (QED) is 0.545. The monoisotopic (exact) mass is 167 g/mol. The molecule has 0 aromatic rings. The zero-order chi connectivity index (χ0) is 9.19. The number of hydrogen-bond acceptors (Lipinski definition) is 1. The first-order valence-electron chi connectivity index (χ1n) is 4.47. The normalized spacial score (nSPS) is 22.1. The molecule has 1 aliphatic heterocycles. The summed E-state index contributed by atoms with van der Waals surface area (Å²) in [7, 11) is 0. The summed E-state index contributed by atoms with van der Waals surface area (Å²) >= 11 is 0. The molecule has 1 saturated heterocycles. The first-order chi connectivity index (χ1) is 5.55. The van der Waals surface area contributed by atoms with E-state index < -0.39 is 0 Å². The second-order valence-corrected chi connectivity index (χ2v) is 4.17. The van der Waals surface area contributed by atoms with Gasteiger partial charge in [0.15, 0.2) is 0 Å². The van der Waals surface area contributed by atoms with E-state index in [0.717, 1.165) is 19.5 Å². The van der Waals surface area contributed by atoms with Gasteiger partial charge < -0.3 is 4.90 Å². The number of hydrogen-bond donors (Lipinski definition) is 0. The standard InChI is InChI=1S/C10H17NO/c1-4-5-9(12)11-7-6-10(2,3)8-11/h4-5H,6-8H2,1-3H3.